The van der Waals surface area contributed by atoms with Gasteiger partial charge >= 0.3 is 5.91 Å². The van der Waals surface area contributed by atoms with Crippen LogP contribution in [-0.2, 0) is 4.79 Å². The van der Waals surface area contributed by atoms with Gasteiger partial charge in [-0.1, -0.05) is 6.92 Å². The summed E-state index contributed by atoms with van der Waals surface area (Å²) in [5.74, 6) is -2.24. The third-order valence-electron chi connectivity index (χ3n) is 3.64. The van der Waals surface area contributed by atoms with Gasteiger partial charge in [-0.15, -0.1) is 0 Å². The van der Waals surface area contributed by atoms with Crippen molar-refractivity contribution in [2.24, 2.45) is 5.92 Å². The number of hydrogen-bond acceptors (Lipinski definition) is 4. The van der Waals surface area contributed by atoms with Crippen LogP contribution in [0.25, 0.3) is 15.9 Å². The molecule has 1 N–H and O–H groups in total. The van der Waals surface area contributed by atoms with Crippen LogP contribution in [0.15, 0.2) is 18.6 Å². The van der Waals surface area contributed by atoms with E-state index in [0.717, 1.165) is 0 Å². The zero-order chi connectivity index (χ0) is 22.6. The number of H-pyrrole nitrogens is 1. The highest BCUT2D eigenvalue weighted by Crippen LogP contribution is 2.28. The van der Waals surface area contributed by atoms with Crippen molar-refractivity contribution in [2.45, 2.75) is 19.3 Å². The highest BCUT2D eigenvalue weighted by molar-refractivity contribution is 5.87. The summed E-state index contributed by atoms with van der Waals surface area (Å²) in [6, 6.07) is 0.248. The van der Waals surface area contributed by atoms with Crippen molar-refractivity contribution < 1.29 is 14.4 Å². The van der Waals surface area contributed by atoms with E-state index in [1.807, 2.05) is 0 Å². The summed E-state index contributed by atoms with van der Waals surface area (Å²) in [5, 5.41) is 0.463. The van der Waals surface area contributed by atoms with Crippen LogP contribution >= 0.6 is 0 Å². The van der Waals surface area contributed by atoms with Gasteiger partial charge in [0.25, 0.3) is 6.54 Å². The first kappa shape index (κ1) is 8.87. The van der Waals surface area contributed by atoms with Crippen molar-refractivity contribution in [2.75, 3.05) is 31.5 Å². The Morgan fingerprint density at radius 3 is 3.30 bits per heavy atom. The predicted molar refractivity (Wildman–Crippen MR) is 87.9 cm³/mol. The molecule has 2 aromatic rings. The number of aromatic amines is 1. The third-order valence-corrected chi connectivity index (χ3v) is 3.64. The predicted octanol–water partition coefficient (Wildman–Crippen LogP) is 1.55. The number of amides is 1. The molecule has 2 aromatic heterocycles. The smallest absolute Gasteiger partial charge is 0.302 e. The molecule has 1 aliphatic rings. The van der Waals surface area contributed by atoms with Crippen molar-refractivity contribution >= 4 is 22.8 Å². The molecule has 2 atom stereocenters. The highest BCUT2D eigenvalue weighted by atomic mass is 16.2. The van der Waals surface area contributed by atoms with E-state index in [1.54, 1.807) is 12.3 Å². The molecule has 0 aromatic carbocycles. The number of nitrogens with one attached hydrogen (secondary N) is 1. The van der Waals surface area contributed by atoms with Gasteiger partial charge in [0.1, 0.15) is 19.1 Å². The number of carbonyl (C=O) groups excluding carboxylic acids is 1. The number of hydrogen-bond donors (Lipinski definition) is 1. The molecule has 23 heavy (non-hydrogen) atoms. The number of fused-ring (bicyclic) bond motifs is 1. The number of aromatic nitrogens is 3. The zero-order valence-corrected chi connectivity index (χ0v) is 12.7. The van der Waals surface area contributed by atoms with E-state index in [1.165, 1.54) is 18.9 Å². The van der Waals surface area contributed by atoms with Crippen LogP contribution in [0.4, 0.5) is 5.82 Å². The average Bonchev–Trinajstić information content (AvgIpc) is 3.07. The molecule has 0 bridgehead atoms. The van der Waals surface area contributed by atoms with E-state index in [0.29, 0.717) is 11.0 Å². The van der Waals surface area contributed by atoms with Crippen LogP contribution in [0.3, 0.4) is 0 Å². The van der Waals surface area contributed by atoms with Crippen LogP contribution < -0.4 is 4.90 Å². The Kier molecular flexibility index (Phi) is 2.41. The lowest BCUT2D eigenvalue weighted by Crippen LogP contribution is -2.53. The summed E-state index contributed by atoms with van der Waals surface area (Å²) in [6.07, 6.45) is -1.42. The van der Waals surface area contributed by atoms with Crippen LogP contribution in [0.5, 0.6) is 0 Å². The van der Waals surface area contributed by atoms with Crippen LogP contribution in [0.2, 0.25) is 0 Å². The third kappa shape index (κ3) is 2.84. The molecule has 0 spiro atoms. The maximum Gasteiger partial charge on any atom is 0.302 e. The largest absolute Gasteiger partial charge is 0.354 e. The first-order valence-electron chi connectivity index (χ1n) is 10.5. The molecule has 3 rings (SSSR count). The monoisotopic (exact) mass is 319 g/mol. The Balaban J connectivity index is 2.20. The van der Waals surface area contributed by atoms with E-state index in [-0.39, 0.29) is 17.0 Å². The summed E-state index contributed by atoms with van der Waals surface area (Å²) in [6.45, 7) is 1.77. The molecule has 1 aliphatic heterocycles. The van der Waals surface area contributed by atoms with Crippen molar-refractivity contribution in [3.8, 4) is 0 Å². The lowest BCUT2D eigenvalue weighted by molar-refractivity contribution is -0.130. The molecule has 3 heterocycles. The van der Waals surface area contributed by atoms with E-state index >= 15 is 0 Å². The molecule has 120 valence electrons. The molecular weight excluding hydrogens is 292 g/mol. The normalized spacial score (nSPS) is 32.2. The van der Waals surface area contributed by atoms with E-state index < -0.39 is 43.8 Å². The second kappa shape index (κ2) is 6.24. The molecule has 7 nitrogen and oxygen atoms in total. The highest BCUT2D eigenvalue weighted by Gasteiger charge is 2.33. The fraction of sp³-hybridized carbons (Fsp3) is 0.500. The summed E-state index contributed by atoms with van der Waals surface area (Å²) in [7, 11) is 1.45. The zero-order valence-electron chi connectivity index (χ0n) is 19.7. The number of carbonyl (C=O) groups is 1. The summed E-state index contributed by atoms with van der Waals surface area (Å²) < 4.78 is 58.3. The molecule has 0 saturated carbocycles. The van der Waals surface area contributed by atoms with Crippen molar-refractivity contribution in [1.29, 1.82) is 0 Å². The van der Waals surface area contributed by atoms with E-state index in [2.05, 4.69) is 19.8 Å². The molecule has 0 radical (unpaired) electrons. The molecule has 7 heteroatoms. The van der Waals surface area contributed by atoms with Crippen LogP contribution in [0, 0.1) is 12.5 Å². The molecule has 0 unspecified atom stereocenters. The fourth-order valence-electron chi connectivity index (χ4n) is 2.43. The van der Waals surface area contributed by atoms with Crippen molar-refractivity contribution in [3.63, 3.8) is 0 Å². The lowest BCUT2D eigenvalue weighted by atomic mass is 9.92. The molecular formula is C16H20N6O. The number of likely N-dealkylation sites (N-methyl/N-ethyl adjacent to an activating group) is 1. The van der Waals surface area contributed by atoms with Gasteiger partial charge in [-0.25, -0.2) is 16.5 Å². The van der Waals surface area contributed by atoms with Gasteiger partial charge in [0.05, 0.1) is 14.2 Å². The topological polar surface area (TPSA) is 69.5 Å². The Bertz CT molecular complexity index is 1030. The van der Waals surface area contributed by atoms with Crippen LogP contribution in [0.1, 0.15) is 22.9 Å². The Labute approximate surface area is 145 Å². The van der Waals surface area contributed by atoms with Crippen molar-refractivity contribution in [1.82, 2.24) is 19.9 Å². The molecule has 1 amide bonds. The van der Waals surface area contributed by atoms with Gasteiger partial charge in [-0.2, -0.15) is 0 Å². The van der Waals surface area contributed by atoms with Crippen molar-refractivity contribution in [3.05, 3.63) is 30.0 Å². The minimum Gasteiger partial charge on any atom is -0.354 e. The molecule has 1 fully saturated rings. The maximum atomic E-state index is 12.5. The minimum atomic E-state index is -3.00. The Morgan fingerprint density at radius 1 is 1.70 bits per heavy atom. The van der Waals surface area contributed by atoms with Gasteiger partial charge in [0.15, 0.2) is 0 Å². The van der Waals surface area contributed by atoms with Crippen LogP contribution in [-0.4, -0.2) is 58.4 Å². The van der Waals surface area contributed by atoms with Gasteiger partial charge < -0.3 is 19.6 Å². The summed E-state index contributed by atoms with van der Waals surface area (Å²) in [4.78, 5) is 27.8. The van der Waals surface area contributed by atoms with Gasteiger partial charge in [-0.3, -0.25) is 4.79 Å². The second-order valence-electron chi connectivity index (χ2n) is 5.16. The maximum absolute atomic E-state index is 12.5. The fourth-order valence-corrected chi connectivity index (χ4v) is 2.43. The van der Waals surface area contributed by atoms with E-state index in [4.69, 9.17) is 16.2 Å². The SMILES string of the molecule is [2H]c1nc(N(C)[C@@H]2[C@H](C)C([2H])([2H])C([2H])([2H])N(C(=O)C[N+]#[C-])C2([2H])[2H])c2cc[nH]c2n1. The Hall–Kier alpha value is -2.62. The van der Waals surface area contributed by atoms with E-state index in [9.17, 15) is 4.79 Å². The van der Waals surface area contributed by atoms with Gasteiger partial charge in [0.2, 0.25) is 0 Å². The summed E-state index contributed by atoms with van der Waals surface area (Å²) in [5.41, 5.74) is 0.333. The quantitative estimate of drug-likeness (QED) is 0.872. The molecule has 0 aliphatic carbocycles. The number of anilines is 1. The summed E-state index contributed by atoms with van der Waals surface area (Å²) >= 11 is 0. The average molecular weight is 319 g/mol. The van der Waals surface area contributed by atoms with Gasteiger partial charge in [0, 0.05) is 31.7 Å². The number of rotatable bonds is 3. The number of nitrogens with zero attached hydrogens (tertiary/aromatic N) is 5. The first-order chi connectivity index (χ1) is 13.8. The van der Waals surface area contributed by atoms with Gasteiger partial charge in [-0.05, 0) is 18.4 Å². The molecule has 1 saturated heterocycles. The standard InChI is InChI=1S/C16H20N6O/c1-11-5-7-22(14(23)8-17-2)9-13(11)21(3)16-12-4-6-18-15(12)19-10-20-16/h4,6,10-11,13H,5,7-9H2,1,3H3,(H,18,19,20)/t11-,13+/m1/s1/i5D2,7D2,9D2,10D. The second-order valence-corrected chi connectivity index (χ2v) is 5.16. The number of likely N-dealkylation sites (tertiary alicyclic amines) is 1. The minimum absolute atomic E-state index is 0.141. The number of piperidine rings is 1. The first-order valence-corrected chi connectivity index (χ1v) is 6.99. The Morgan fingerprint density at radius 2 is 2.52 bits per heavy atom. The lowest BCUT2D eigenvalue weighted by Gasteiger charge is -2.41.